The first-order chi connectivity index (χ1) is 9.04. The summed E-state index contributed by atoms with van der Waals surface area (Å²) in [5.41, 5.74) is 5.46. The molecular weight excluding hydrogens is 246 g/mol. The molecule has 1 aliphatic rings. The van der Waals surface area contributed by atoms with Gasteiger partial charge in [-0.25, -0.2) is 0 Å². The number of hydrogen-bond donors (Lipinski definition) is 2. The third-order valence-electron chi connectivity index (χ3n) is 3.52. The zero-order chi connectivity index (χ0) is 14.3. The van der Waals surface area contributed by atoms with Gasteiger partial charge in [0, 0.05) is 32.1 Å². The highest BCUT2D eigenvalue weighted by Gasteiger charge is 2.23. The lowest BCUT2D eigenvalue weighted by Gasteiger charge is -2.24. The predicted octanol–water partition coefficient (Wildman–Crippen LogP) is -0.0197. The Morgan fingerprint density at radius 2 is 2.00 bits per heavy atom. The highest BCUT2D eigenvalue weighted by Crippen LogP contribution is 2.12. The van der Waals surface area contributed by atoms with Gasteiger partial charge in [-0.2, -0.15) is 0 Å². The number of carboxylic acid groups (broad SMARTS) is 1. The third-order valence-corrected chi connectivity index (χ3v) is 3.52. The minimum Gasteiger partial charge on any atom is -0.480 e. The number of carbonyl (C=O) groups excluding carboxylic acids is 1. The average Bonchev–Trinajstić information content (AvgIpc) is 2.60. The highest BCUT2D eigenvalue weighted by molar-refractivity contribution is 5.78. The number of aliphatic carboxylic acids is 1. The van der Waals surface area contributed by atoms with E-state index in [9.17, 15) is 9.59 Å². The van der Waals surface area contributed by atoms with Crippen LogP contribution in [0.25, 0.3) is 0 Å². The molecular formula is C13H25N3O3. The second-order valence-electron chi connectivity index (χ2n) is 5.18. The van der Waals surface area contributed by atoms with Crippen LogP contribution in [0.3, 0.4) is 0 Å². The van der Waals surface area contributed by atoms with Crippen LogP contribution in [-0.4, -0.2) is 66.1 Å². The van der Waals surface area contributed by atoms with Crippen molar-refractivity contribution in [2.75, 3.05) is 39.3 Å². The van der Waals surface area contributed by atoms with E-state index in [4.69, 9.17) is 10.8 Å². The maximum Gasteiger partial charge on any atom is 0.317 e. The Labute approximate surface area is 114 Å². The molecule has 0 aliphatic carbocycles. The number of nitrogens with two attached hydrogens (primary N) is 1. The SMILES string of the molecule is CC(CCCN)C(=O)N1CCCN(CC(=O)O)CC1. The molecule has 1 unspecified atom stereocenters. The largest absolute Gasteiger partial charge is 0.480 e. The molecule has 19 heavy (non-hydrogen) atoms. The number of amides is 1. The zero-order valence-electron chi connectivity index (χ0n) is 11.7. The summed E-state index contributed by atoms with van der Waals surface area (Å²) < 4.78 is 0. The van der Waals surface area contributed by atoms with E-state index >= 15 is 0 Å². The van der Waals surface area contributed by atoms with Gasteiger partial charge >= 0.3 is 5.97 Å². The van der Waals surface area contributed by atoms with Crippen molar-refractivity contribution in [2.45, 2.75) is 26.2 Å². The Kier molecular flexibility index (Phi) is 6.80. The van der Waals surface area contributed by atoms with Crippen LogP contribution in [0.1, 0.15) is 26.2 Å². The monoisotopic (exact) mass is 271 g/mol. The van der Waals surface area contributed by atoms with E-state index in [-0.39, 0.29) is 18.4 Å². The Bertz CT molecular complexity index is 310. The average molecular weight is 271 g/mol. The molecule has 1 aliphatic heterocycles. The minimum atomic E-state index is -0.809. The topological polar surface area (TPSA) is 86.9 Å². The fourth-order valence-electron chi connectivity index (χ4n) is 2.40. The molecule has 110 valence electrons. The van der Waals surface area contributed by atoms with Gasteiger partial charge in [-0.05, 0) is 25.8 Å². The second-order valence-corrected chi connectivity index (χ2v) is 5.18. The van der Waals surface area contributed by atoms with Gasteiger partial charge in [0.25, 0.3) is 0 Å². The summed E-state index contributed by atoms with van der Waals surface area (Å²) in [6.45, 7) is 5.35. The first-order valence-electron chi connectivity index (χ1n) is 6.97. The van der Waals surface area contributed by atoms with Crippen LogP contribution < -0.4 is 5.73 Å². The first-order valence-corrected chi connectivity index (χ1v) is 6.97. The Balaban J connectivity index is 2.43. The molecule has 0 saturated carbocycles. The van der Waals surface area contributed by atoms with Crippen LogP contribution in [0, 0.1) is 5.92 Å². The van der Waals surface area contributed by atoms with Crippen LogP contribution in [0.2, 0.25) is 0 Å². The fraction of sp³-hybridized carbons (Fsp3) is 0.846. The lowest BCUT2D eigenvalue weighted by Crippen LogP contribution is -2.39. The number of hydrogen-bond acceptors (Lipinski definition) is 4. The second kappa shape index (κ2) is 8.12. The fourth-order valence-corrected chi connectivity index (χ4v) is 2.40. The Morgan fingerprint density at radius 3 is 2.63 bits per heavy atom. The summed E-state index contributed by atoms with van der Waals surface area (Å²) in [5, 5.41) is 8.78. The maximum atomic E-state index is 12.2. The molecule has 1 saturated heterocycles. The van der Waals surface area contributed by atoms with Crippen LogP contribution in [0.4, 0.5) is 0 Å². The summed E-state index contributed by atoms with van der Waals surface area (Å²) >= 11 is 0. The summed E-state index contributed by atoms with van der Waals surface area (Å²) in [6.07, 6.45) is 2.53. The third kappa shape index (κ3) is 5.57. The van der Waals surface area contributed by atoms with Crippen molar-refractivity contribution in [2.24, 2.45) is 11.7 Å². The number of carbonyl (C=O) groups is 2. The summed E-state index contributed by atoms with van der Waals surface area (Å²) in [4.78, 5) is 26.7. The van der Waals surface area contributed by atoms with Crippen LogP contribution in [0.5, 0.6) is 0 Å². The number of carboxylic acids is 1. The van der Waals surface area contributed by atoms with Gasteiger partial charge in [-0.15, -0.1) is 0 Å². The molecule has 6 heteroatoms. The van der Waals surface area contributed by atoms with Crippen molar-refractivity contribution in [3.05, 3.63) is 0 Å². The Morgan fingerprint density at radius 1 is 1.26 bits per heavy atom. The van der Waals surface area contributed by atoms with Crippen LogP contribution >= 0.6 is 0 Å². The minimum absolute atomic E-state index is 0.00886. The van der Waals surface area contributed by atoms with Crippen molar-refractivity contribution in [3.8, 4) is 0 Å². The standard InChI is InChI=1S/C13H25N3O3/c1-11(4-2-5-14)13(19)16-7-3-6-15(8-9-16)10-12(17)18/h11H,2-10,14H2,1H3,(H,17,18). The van der Waals surface area contributed by atoms with Gasteiger partial charge in [-0.3, -0.25) is 14.5 Å². The van der Waals surface area contributed by atoms with E-state index in [0.29, 0.717) is 19.6 Å². The van der Waals surface area contributed by atoms with Crippen molar-refractivity contribution in [1.29, 1.82) is 0 Å². The molecule has 0 aromatic carbocycles. The van der Waals surface area contributed by atoms with E-state index in [2.05, 4.69) is 0 Å². The van der Waals surface area contributed by atoms with E-state index in [1.165, 1.54) is 0 Å². The van der Waals surface area contributed by atoms with Crippen molar-refractivity contribution in [1.82, 2.24) is 9.80 Å². The molecule has 1 heterocycles. The van der Waals surface area contributed by atoms with Gasteiger partial charge < -0.3 is 15.7 Å². The Hall–Kier alpha value is -1.14. The van der Waals surface area contributed by atoms with Crippen molar-refractivity contribution >= 4 is 11.9 Å². The predicted molar refractivity (Wildman–Crippen MR) is 72.7 cm³/mol. The number of rotatable bonds is 6. The van der Waals surface area contributed by atoms with E-state index in [0.717, 1.165) is 32.4 Å². The molecule has 0 spiro atoms. The molecule has 6 nitrogen and oxygen atoms in total. The quantitative estimate of drug-likeness (QED) is 0.709. The molecule has 0 radical (unpaired) electrons. The van der Waals surface area contributed by atoms with Crippen LogP contribution in [0.15, 0.2) is 0 Å². The molecule has 0 aromatic heterocycles. The van der Waals surface area contributed by atoms with E-state index in [1.807, 2.05) is 16.7 Å². The molecule has 0 bridgehead atoms. The smallest absolute Gasteiger partial charge is 0.317 e. The summed E-state index contributed by atoms with van der Waals surface area (Å²) in [5.74, 6) is -0.628. The van der Waals surface area contributed by atoms with Crippen molar-refractivity contribution in [3.63, 3.8) is 0 Å². The lowest BCUT2D eigenvalue weighted by molar-refractivity contribution is -0.138. The highest BCUT2D eigenvalue weighted by atomic mass is 16.4. The van der Waals surface area contributed by atoms with Gasteiger partial charge in [0.05, 0.1) is 6.54 Å². The molecule has 1 atom stereocenters. The lowest BCUT2D eigenvalue weighted by atomic mass is 10.0. The summed E-state index contributed by atoms with van der Waals surface area (Å²) in [6, 6.07) is 0. The molecule has 1 rings (SSSR count). The first kappa shape index (κ1) is 15.9. The van der Waals surface area contributed by atoms with E-state index < -0.39 is 5.97 Å². The van der Waals surface area contributed by atoms with Gasteiger partial charge in [0.15, 0.2) is 0 Å². The van der Waals surface area contributed by atoms with Gasteiger partial charge in [-0.1, -0.05) is 6.92 Å². The molecule has 0 aromatic rings. The number of nitrogens with zero attached hydrogens (tertiary/aromatic N) is 2. The summed E-state index contributed by atoms with van der Waals surface area (Å²) in [7, 11) is 0. The maximum absolute atomic E-state index is 12.2. The zero-order valence-corrected chi connectivity index (χ0v) is 11.7. The van der Waals surface area contributed by atoms with Crippen molar-refractivity contribution < 1.29 is 14.7 Å². The van der Waals surface area contributed by atoms with Gasteiger partial charge in [0.2, 0.25) is 5.91 Å². The van der Waals surface area contributed by atoms with Crippen LogP contribution in [-0.2, 0) is 9.59 Å². The van der Waals surface area contributed by atoms with E-state index in [1.54, 1.807) is 0 Å². The molecule has 1 amide bonds. The molecule has 1 fully saturated rings. The molecule has 3 N–H and O–H groups in total. The van der Waals surface area contributed by atoms with Gasteiger partial charge in [0.1, 0.15) is 0 Å². The normalized spacial score (nSPS) is 18.9.